The van der Waals surface area contributed by atoms with Crippen LogP contribution < -0.4 is 16.1 Å². The molecular weight excluding hydrogens is 342 g/mol. The van der Waals surface area contributed by atoms with Crippen LogP contribution >= 0.6 is 0 Å². The van der Waals surface area contributed by atoms with Crippen LogP contribution in [0.1, 0.15) is 18.1 Å². The number of aryl methyl sites for hydroxylation is 3. The maximum absolute atomic E-state index is 13.0. The van der Waals surface area contributed by atoms with Gasteiger partial charge in [0, 0.05) is 32.4 Å². The summed E-state index contributed by atoms with van der Waals surface area (Å²) >= 11 is 0. The molecule has 0 fully saturated rings. The van der Waals surface area contributed by atoms with Crippen LogP contribution in [0.5, 0.6) is 0 Å². The summed E-state index contributed by atoms with van der Waals surface area (Å²) < 4.78 is 4.66. The van der Waals surface area contributed by atoms with Crippen LogP contribution in [-0.2, 0) is 20.1 Å². The monoisotopic (exact) mass is 365 g/mol. The van der Waals surface area contributed by atoms with E-state index in [-0.39, 0.29) is 17.8 Å². The minimum absolute atomic E-state index is 0.263. The third kappa shape index (κ3) is 2.53. The molecule has 1 aliphatic rings. The van der Waals surface area contributed by atoms with Crippen LogP contribution in [0.2, 0.25) is 0 Å². The van der Waals surface area contributed by atoms with Gasteiger partial charge < -0.3 is 9.47 Å². The molecule has 0 saturated heterocycles. The van der Waals surface area contributed by atoms with Crippen LogP contribution in [0.4, 0.5) is 11.6 Å². The lowest BCUT2D eigenvalue weighted by molar-refractivity contribution is 0.661. The Hall–Kier alpha value is -3.09. The Morgan fingerprint density at radius 1 is 1.19 bits per heavy atom. The molecule has 0 N–H and O–H groups in total. The topological polar surface area (TPSA) is 65.1 Å². The zero-order valence-electron chi connectivity index (χ0n) is 16.1. The molecule has 0 spiro atoms. The number of anilines is 2. The van der Waals surface area contributed by atoms with E-state index in [0.717, 1.165) is 17.8 Å². The van der Waals surface area contributed by atoms with E-state index in [2.05, 4.69) is 41.9 Å². The van der Waals surface area contributed by atoms with Gasteiger partial charge in [-0.15, -0.1) is 0 Å². The number of imidazole rings is 1. The molecule has 0 bridgehead atoms. The number of allylic oxidation sites excluding steroid dienone is 2. The molecule has 0 unspecified atom stereocenters. The number of nitrogens with zero attached hydrogens (tertiary/aromatic N) is 5. The van der Waals surface area contributed by atoms with Crippen LogP contribution in [-0.4, -0.2) is 25.2 Å². The van der Waals surface area contributed by atoms with Gasteiger partial charge in [-0.3, -0.25) is 13.9 Å². The fourth-order valence-electron chi connectivity index (χ4n) is 3.79. The first kappa shape index (κ1) is 17.3. The smallest absolute Gasteiger partial charge is 0.310 e. The molecule has 0 radical (unpaired) electrons. The highest BCUT2D eigenvalue weighted by atomic mass is 16.2. The number of aromatic nitrogens is 4. The van der Waals surface area contributed by atoms with E-state index in [1.165, 1.54) is 14.7 Å². The summed E-state index contributed by atoms with van der Waals surface area (Å²) in [4.78, 5) is 32.4. The molecule has 0 aliphatic carbocycles. The number of benzene rings is 1. The van der Waals surface area contributed by atoms with Gasteiger partial charge in [0.05, 0.1) is 0 Å². The van der Waals surface area contributed by atoms with Gasteiger partial charge in [-0.2, -0.15) is 4.98 Å². The summed E-state index contributed by atoms with van der Waals surface area (Å²) in [7, 11) is 1.67. The maximum atomic E-state index is 13.0. The molecule has 7 heteroatoms. The van der Waals surface area contributed by atoms with E-state index in [4.69, 9.17) is 0 Å². The first-order chi connectivity index (χ1) is 12.9. The summed E-state index contributed by atoms with van der Waals surface area (Å²) in [5.41, 5.74) is 3.74. The lowest BCUT2D eigenvalue weighted by atomic mass is 10.1. The molecule has 4 rings (SSSR count). The van der Waals surface area contributed by atoms with Crippen molar-refractivity contribution >= 4 is 22.8 Å². The summed E-state index contributed by atoms with van der Waals surface area (Å²) in [6.07, 6.45) is 3.64. The Kier molecular flexibility index (Phi) is 4.02. The van der Waals surface area contributed by atoms with Gasteiger partial charge in [-0.05, 0) is 32.4 Å². The Morgan fingerprint density at radius 3 is 2.67 bits per heavy atom. The Morgan fingerprint density at radius 2 is 1.96 bits per heavy atom. The number of hydrogen-bond acceptors (Lipinski definition) is 4. The average Bonchev–Trinajstić information content (AvgIpc) is 3.19. The zero-order valence-corrected chi connectivity index (χ0v) is 16.1. The molecule has 1 aromatic carbocycles. The molecule has 0 atom stereocenters. The van der Waals surface area contributed by atoms with E-state index in [1.807, 2.05) is 17.6 Å². The molecular formula is C20H23N5O2. The molecule has 3 heterocycles. The van der Waals surface area contributed by atoms with Gasteiger partial charge in [0.1, 0.15) is 0 Å². The second-order valence-corrected chi connectivity index (χ2v) is 7.00. The van der Waals surface area contributed by atoms with Crippen molar-refractivity contribution in [2.45, 2.75) is 33.9 Å². The van der Waals surface area contributed by atoms with Crippen molar-refractivity contribution in [1.82, 2.24) is 18.7 Å². The third-order valence-electron chi connectivity index (χ3n) is 5.17. The van der Waals surface area contributed by atoms with E-state index >= 15 is 0 Å². The predicted octanol–water partition coefficient (Wildman–Crippen LogP) is 2.24. The second-order valence-electron chi connectivity index (χ2n) is 7.00. The molecule has 1 aliphatic heterocycles. The third-order valence-corrected chi connectivity index (χ3v) is 5.17. The number of fused-ring (bicyclic) bond motifs is 3. The van der Waals surface area contributed by atoms with Crippen molar-refractivity contribution < 1.29 is 0 Å². The molecule has 140 valence electrons. The van der Waals surface area contributed by atoms with Gasteiger partial charge in [0.15, 0.2) is 11.2 Å². The molecule has 27 heavy (non-hydrogen) atoms. The minimum atomic E-state index is -0.347. The average molecular weight is 365 g/mol. The highest BCUT2D eigenvalue weighted by Gasteiger charge is 2.29. The molecule has 7 nitrogen and oxygen atoms in total. The first-order valence-corrected chi connectivity index (χ1v) is 9.10. The van der Waals surface area contributed by atoms with Crippen LogP contribution in [0.15, 0.2) is 39.9 Å². The zero-order chi connectivity index (χ0) is 19.3. The van der Waals surface area contributed by atoms with Crippen LogP contribution in [0.3, 0.4) is 0 Å². The van der Waals surface area contributed by atoms with Crippen LogP contribution in [0.25, 0.3) is 11.2 Å². The quantitative estimate of drug-likeness (QED) is 0.668. The molecule has 0 saturated carbocycles. The van der Waals surface area contributed by atoms with Gasteiger partial charge in [0.2, 0.25) is 5.95 Å². The minimum Gasteiger partial charge on any atom is -0.310 e. The van der Waals surface area contributed by atoms with Gasteiger partial charge in [0.25, 0.3) is 5.56 Å². The molecule has 2 aromatic heterocycles. The number of rotatable bonds is 3. The highest BCUT2D eigenvalue weighted by molar-refractivity contribution is 5.78. The lowest BCUT2D eigenvalue weighted by Gasteiger charge is -2.19. The molecule has 0 amide bonds. The summed E-state index contributed by atoms with van der Waals surface area (Å²) in [5, 5.41) is 0. The Labute approximate surface area is 156 Å². The summed E-state index contributed by atoms with van der Waals surface area (Å²) in [5.74, 6) is 0.716. The summed E-state index contributed by atoms with van der Waals surface area (Å²) in [6.45, 7) is 7.69. The number of hydrogen-bond donors (Lipinski definition) is 0. The SMILES string of the molecule is CC=CCn1c(=O)c2c(nc3n2CCN3c2ccc(C)cc2C)n(C)c1=O. The first-order valence-electron chi connectivity index (χ1n) is 9.10. The van der Waals surface area contributed by atoms with Crippen molar-refractivity contribution in [2.24, 2.45) is 7.05 Å². The van der Waals surface area contributed by atoms with Crippen molar-refractivity contribution in [3.63, 3.8) is 0 Å². The van der Waals surface area contributed by atoms with Crippen molar-refractivity contribution in [2.75, 3.05) is 11.4 Å². The molecule has 3 aromatic rings. The second kappa shape index (κ2) is 6.26. The van der Waals surface area contributed by atoms with E-state index in [1.54, 1.807) is 13.1 Å². The normalized spacial score (nSPS) is 13.9. The van der Waals surface area contributed by atoms with E-state index < -0.39 is 0 Å². The summed E-state index contributed by atoms with van der Waals surface area (Å²) in [6, 6.07) is 6.30. The van der Waals surface area contributed by atoms with E-state index in [0.29, 0.717) is 23.7 Å². The fraction of sp³-hybridized carbons (Fsp3) is 0.350. The van der Waals surface area contributed by atoms with Gasteiger partial charge >= 0.3 is 5.69 Å². The predicted molar refractivity (Wildman–Crippen MR) is 107 cm³/mol. The van der Waals surface area contributed by atoms with Crippen molar-refractivity contribution in [3.8, 4) is 0 Å². The lowest BCUT2D eigenvalue weighted by Crippen LogP contribution is -2.39. The van der Waals surface area contributed by atoms with Crippen LogP contribution in [0, 0.1) is 13.8 Å². The van der Waals surface area contributed by atoms with Gasteiger partial charge in [-0.1, -0.05) is 29.8 Å². The van der Waals surface area contributed by atoms with Gasteiger partial charge in [-0.25, -0.2) is 4.79 Å². The Bertz CT molecular complexity index is 1200. The standard InChI is InChI=1S/C20H23N5O2/c1-5-6-9-25-18(26)16-17(22(4)20(25)27)21-19-23(10-11-24(16)19)15-8-7-13(2)12-14(15)3/h5-8,12H,9-11H2,1-4H3. The van der Waals surface area contributed by atoms with Crippen molar-refractivity contribution in [3.05, 3.63) is 62.3 Å². The van der Waals surface area contributed by atoms with E-state index in [9.17, 15) is 9.59 Å². The highest BCUT2D eigenvalue weighted by Crippen LogP contribution is 2.33. The maximum Gasteiger partial charge on any atom is 0.332 e. The fourth-order valence-corrected chi connectivity index (χ4v) is 3.79. The van der Waals surface area contributed by atoms with Crippen molar-refractivity contribution in [1.29, 1.82) is 0 Å². The largest absolute Gasteiger partial charge is 0.332 e. The Balaban J connectivity index is 1.95.